The lowest BCUT2D eigenvalue weighted by Crippen LogP contribution is -2.51. The van der Waals surface area contributed by atoms with E-state index < -0.39 is 12.1 Å². The predicted molar refractivity (Wildman–Crippen MR) is 64.9 cm³/mol. The Labute approximate surface area is 102 Å². The Morgan fingerprint density at radius 3 is 2.29 bits per heavy atom. The van der Waals surface area contributed by atoms with Crippen molar-refractivity contribution in [3.8, 4) is 0 Å². The Hall–Kier alpha value is -1.30. The highest BCUT2D eigenvalue weighted by molar-refractivity contribution is 5.86. The highest BCUT2D eigenvalue weighted by Gasteiger charge is 2.25. The van der Waals surface area contributed by atoms with E-state index in [2.05, 4.69) is 10.8 Å². The van der Waals surface area contributed by atoms with Crippen molar-refractivity contribution in [1.82, 2.24) is 10.8 Å². The third-order valence-electron chi connectivity index (χ3n) is 2.38. The summed E-state index contributed by atoms with van der Waals surface area (Å²) in [5, 5.41) is 2.42. The van der Waals surface area contributed by atoms with Crippen LogP contribution in [0.5, 0.6) is 0 Å². The second kappa shape index (κ2) is 7.89. The average Bonchev–Trinajstić information content (AvgIpc) is 2.23. The van der Waals surface area contributed by atoms with Crippen LogP contribution in [0.15, 0.2) is 0 Å². The van der Waals surface area contributed by atoms with Crippen molar-refractivity contribution in [2.45, 2.75) is 40.2 Å². The fraction of sp³-hybridized carbons (Fsp3) is 0.818. The Morgan fingerprint density at radius 2 is 1.88 bits per heavy atom. The molecule has 4 N–H and O–H groups in total. The van der Waals surface area contributed by atoms with E-state index in [9.17, 15) is 9.59 Å². The molecule has 0 aliphatic carbocycles. The van der Waals surface area contributed by atoms with E-state index in [0.717, 1.165) is 6.42 Å². The van der Waals surface area contributed by atoms with Gasteiger partial charge < -0.3 is 11.1 Å². The van der Waals surface area contributed by atoms with Crippen molar-refractivity contribution in [2.24, 2.45) is 17.6 Å². The van der Waals surface area contributed by atoms with Crippen molar-refractivity contribution in [3.05, 3.63) is 0 Å². The summed E-state index contributed by atoms with van der Waals surface area (Å²) in [4.78, 5) is 27.6. The number of carbonyl (C=O) groups is 2. The molecule has 0 rings (SSSR count). The molecule has 2 atom stereocenters. The number of primary amides is 1. The molecule has 0 aliphatic rings. The van der Waals surface area contributed by atoms with Gasteiger partial charge in [0, 0.05) is 0 Å². The number of hydrogen-bond acceptors (Lipinski definition) is 3. The van der Waals surface area contributed by atoms with Crippen LogP contribution in [0.1, 0.15) is 34.1 Å². The number of hydroxylamine groups is 1. The van der Waals surface area contributed by atoms with Gasteiger partial charge >= 0.3 is 6.03 Å². The molecule has 0 heterocycles. The minimum atomic E-state index is -0.714. The standard InChI is InChI=1S/C11H23N3O3/c1-5-8(4)9(13-11(12)16)10(15)14-17-6-7(2)3/h7-9H,5-6H2,1-4H3,(H,14,15)(H3,12,13,16). The molecule has 6 nitrogen and oxygen atoms in total. The lowest BCUT2D eigenvalue weighted by Gasteiger charge is -2.22. The minimum Gasteiger partial charge on any atom is -0.352 e. The summed E-state index contributed by atoms with van der Waals surface area (Å²) < 4.78 is 0. The van der Waals surface area contributed by atoms with Gasteiger partial charge in [0.05, 0.1) is 6.61 Å². The number of carbonyl (C=O) groups excluding carboxylic acids is 2. The number of nitrogens with two attached hydrogens (primary N) is 1. The smallest absolute Gasteiger partial charge is 0.312 e. The summed E-state index contributed by atoms with van der Waals surface area (Å²) in [7, 11) is 0. The molecule has 0 aromatic heterocycles. The van der Waals surface area contributed by atoms with E-state index in [0.29, 0.717) is 12.5 Å². The Balaban J connectivity index is 4.27. The largest absolute Gasteiger partial charge is 0.352 e. The molecule has 3 amide bonds. The molecule has 0 fully saturated rings. The second-order valence-corrected chi connectivity index (χ2v) is 4.54. The molecule has 17 heavy (non-hydrogen) atoms. The SMILES string of the molecule is CCC(C)C(NC(N)=O)C(=O)NOCC(C)C. The first kappa shape index (κ1) is 15.7. The van der Waals surface area contributed by atoms with Crippen LogP contribution in [0.4, 0.5) is 4.79 Å². The average molecular weight is 245 g/mol. The van der Waals surface area contributed by atoms with Crippen molar-refractivity contribution < 1.29 is 14.4 Å². The first-order valence-corrected chi connectivity index (χ1v) is 5.86. The fourth-order valence-electron chi connectivity index (χ4n) is 1.20. The van der Waals surface area contributed by atoms with Crippen LogP contribution in [0.3, 0.4) is 0 Å². The predicted octanol–water partition coefficient (Wildman–Crippen LogP) is 0.773. The van der Waals surface area contributed by atoms with Crippen molar-refractivity contribution in [2.75, 3.05) is 6.61 Å². The van der Waals surface area contributed by atoms with E-state index in [4.69, 9.17) is 10.6 Å². The number of nitrogens with one attached hydrogen (secondary N) is 2. The summed E-state index contributed by atoms with van der Waals surface area (Å²) >= 11 is 0. The fourth-order valence-corrected chi connectivity index (χ4v) is 1.20. The number of hydrogen-bond donors (Lipinski definition) is 3. The van der Waals surface area contributed by atoms with E-state index in [1.807, 2.05) is 27.7 Å². The topological polar surface area (TPSA) is 93.5 Å². The zero-order chi connectivity index (χ0) is 13.4. The van der Waals surface area contributed by atoms with E-state index >= 15 is 0 Å². The Kier molecular flexibility index (Phi) is 7.29. The van der Waals surface area contributed by atoms with Gasteiger partial charge in [-0.05, 0) is 11.8 Å². The molecule has 0 spiro atoms. The van der Waals surface area contributed by atoms with Crippen LogP contribution in [0.25, 0.3) is 0 Å². The highest BCUT2D eigenvalue weighted by Crippen LogP contribution is 2.07. The zero-order valence-corrected chi connectivity index (χ0v) is 10.9. The van der Waals surface area contributed by atoms with Crippen LogP contribution in [-0.2, 0) is 9.63 Å². The quantitative estimate of drug-likeness (QED) is 0.578. The van der Waals surface area contributed by atoms with Gasteiger partial charge in [-0.25, -0.2) is 10.3 Å². The molecule has 0 aromatic carbocycles. The maximum atomic E-state index is 11.8. The van der Waals surface area contributed by atoms with Crippen LogP contribution in [0.2, 0.25) is 0 Å². The summed E-state index contributed by atoms with van der Waals surface area (Å²) in [6.07, 6.45) is 0.753. The van der Waals surface area contributed by atoms with Crippen LogP contribution in [0, 0.1) is 11.8 Å². The lowest BCUT2D eigenvalue weighted by molar-refractivity contribution is -0.137. The van der Waals surface area contributed by atoms with Crippen LogP contribution >= 0.6 is 0 Å². The molecular weight excluding hydrogens is 222 g/mol. The van der Waals surface area contributed by atoms with Gasteiger partial charge in [-0.3, -0.25) is 9.63 Å². The van der Waals surface area contributed by atoms with Gasteiger partial charge in [0.15, 0.2) is 0 Å². The number of rotatable bonds is 7. The van der Waals surface area contributed by atoms with Gasteiger partial charge in [0.25, 0.3) is 5.91 Å². The molecule has 0 saturated carbocycles. The maximum absolute atomic E-state index is 11.8. The summed E-state index contributed by atoms with van der Waals surface area (Å²) in [6, 6.07) is -1.38. The number of urea groups is 1. The van der Waals surface area contributed by atoms with Crippen LogP contribution in [-0.4, -0.2) is 24.6 Å². The van der Waals surface area contributed by atoms with E-state index in [1.54, 1.807) is 0 Å². The molecular formula is C11H23N3O3. The van der Waals surface area contributed by atoms with Crippen molar-refractivity contribution in [3.63, 3.8) is 0 Å². The van der Waals surface area contributed by atoms with E-state index in [-0.39, 0.29) is 11.8 Å². The molecule has 6 heteroatoms. The first-order valence-electron chi connectivity index (χ1n) is 5.86. The third kappa shape index (κ3) is 6.78. The highest BCUT2D eigenvalue weighted by atomic mass is 16.7. The van der Waals surface area contributed by atoms with Crippen molar-refractivity contribution >= 4 is 11.9 Å². The van der Waals surface area contributed by atoms with Crippen LogP contribution < -0.4 is 16.5 Å². The first-order chi connectivity index (χ1) is 7.88. The molecule has 0 aliphatic heterocycles. The van der Waals surface area contributed by atoms with Gasteiger partial charge in [-0.1, -0.05) is 34.1 Å². The van der Waals surface area contributed by atoms with Gasteiger partial charge in [0.1, 0.15) is 6.04 Å². The summed E-state index contributed by atoms with van der Waals surface area (Å²) in [5.74, 6) is -0.0644. The van der Waals surface area contributed by atoms with Crippen molar-refractivity contribution in [1.29, 1.82) is 0 Å². The molecule has 0 bridgehead atoms. The molecule has 2 unspecified atom stereocenters. The zero-order valence-electron chi connectivity index (χ0n) is 10.9. The summed E-state index contributed by atoms with van der Waals surface area (Å²) in [6.45, 7) is 8.17. The molecule has 0 aromatic rings. The van der Waals surface area contributed by atoms with E-state index in [1.165, 1.54) is 0 Å². The van der Waals surface area contributed by atoms with Gasteiger partial charge in [-0.15, -0.1) is 0 Å². The normalized spacial score (nSPS) is 14.2. The monoisotopic (exact) mass is 245 g/mol. The second-order valence-electron chi connectivity index (χ2n) is 4.54. The number of amides is 3. The summed E-state index contributed by atoms with van der Waals surface area (Å²) in [5.41, 5.74) is 7.36. The Morgan fingerprint density at radius 1 is 1.29 bits per heavy atom. The molecule has 0 radical (unpaired) electrons. The maximum Gasteiger partial charge on any atom is 0.312 e. The third-order valence-corrected chi connectivity index (χ3v) is 2.38. The molecule has 0 saturated heterocycles. The Bertz CT molecular complexity index is 256. The van der Waals surface area contributed by atoms with Gasteiger partial charge in [0.2, 0.25) is 0 Å². The lowest BCUT2D eigenvalue weighted by atomic mass is 9.99. The minimum absolute atomic E-state index is 0.00912. The van der Waals surface area contributed by atoms with Gasteiger partial charge in [-0.2, -0.15) is 0 Å². The molecule has 100 valence electrons.